The molecule has 43 heavy (non-hydrogen) atoms. The Bertz CT molecular complexity index is 1410. The van der Waals surface area contributed by atoms with Gasteiger partial charge in [-0.3, -0.25) is 14.3 Å². The molecule has 1 aliphatic heterocycles. The number of ether oxygens (including phenoxy) is 1. The second kappa shape index (κ2) is 16.5. The lowest BCUT2D eigenvalue weighted by Gasteiger charge is -2.30. The molecule has 1 fully saturated rings. The van der Waals surface area contributed by atoms with E-state index in [1.807, 2.05) is 66.1 Å². The minimum absolute atomic E-state index is 0.0402. The van der Waals surface area contributed by atoms with E-state index in [-0.39, 0.29) is 17.8 Å². The third-order valence-corrected chi connectivity index (χ3v) is 8.74. The summed E-state index contributed by atoms with van der Waals surface area (Å²) in [6.45, 7) is 8.39. The normalized spacial score (nSPS) is 16.8. The monoisotopic (exact) mass is 622 g/mol. The van der Waals surface area contributed by atoms with Crippen LogP contribution in [0.3, 0.4) is 0 Å². The molecule has 1 aromatic heterocycles. The van der Waals surface area contributed by atoms with Crippen LogP contribution in [0.4, 0.5) is 0 Å². The van der Waals surface area contributed by atoms with Gasteiger partial charge in [0.25, 0.3) is 0 Å². The van der Waals surface area contributed by atoms with Gasteiger partial charge in [-0.05, 0) is 74.7 Å². The number of benzene rings is 2. The number of likely N-dealkylation sites (tertiary alicyclic amines) is 1. The number of rotatable bonds is 15. The fourth-order valence-corrected chi connectivity index (χ4v) is 6.30. The fourth-order valence-electron chi connectivity index (χ4n) is 5.02. The molecule has 1 aliphatic rings. The molecule has 2 N–H and O–H groups in total. The third-order valence-electron chi connectivity index (χ3n) is 7.26. The molecular weight excluding hydrogens is 584 g/mol. The highest BCUT2D eigenvalue weighted by atomic mass is 35.5. The Morgan fingerprint density at radius 2 is 1.98 bits per heavy atom. The number of carbonyl (C=O) groups is 1. The van der Waals surface area contributed by atoms with Crippen molar-refractivity contribution in [2.75, 3.05) is 32.8 Å². The number of allylic oxidation sites excluding steroid dienone is 5. The summed E-state index contributed by atoms with van der Waals surface area (Å²) in [4.78, 5) is 13.5. The number of hydrogen-bond donors (Lipinski definition) is 2. The second-order valence-corrected chi connectivity index (χ2v) is 12.1. The summed E-state index contributed by atoms with van der Waals surface area (Å²) in [7, 11) is 0. The van der Waals surface area contributed by atoms with Crippen molar-refractivity contribution < 1.29 is 19.7 Å². The zero-order chi connectivity index (χ0) is 30.6. The van der Waals surface area contributed by atoms with Crippen LogP contribution in [0.25, 0.3) is 5.69 Å². The van der Waals surface area contributed by atoms with E-state index in [1.165, 1.54) is 0 Å². The van der Waals surface area contributed by atoms with Gasteiger partial charge in [-0.15, -0.1) is 10.2 Å². The molecule has 10 heteroatoms. The largest absolute Gasteiger partial charge is 0.492 e. The fraction of sp³-hybridized carbons (Fsp3) is 0.364. The van der Waals surface area contributed by atoms with Crippen molar-refractivity contribution in [2.24, 2.45) is 5.92 Å². The van der Waals surface area contributed by atoms with E-state index in [1.54, 1.807) is 17.8 Å². The Hall–Kier alpha value is -3.37. The summed E-state index contributed by atoms with van der Waals surface area (Å²) >= 11 is 7.79. The molecule has 2 unspecified atom stereocenters. The number of aliphatic hydroxyl groups is 1. The number of halogens is 1. The van der Waals surface area contributed by atoms with E-state index in [0.29, 0.717) is 37.0 Å². The number of aliphatic carboxylic acids is 1. The van der Waals surface area contributed by atoms with E-state index in [9.17, 15) is 15.0 Å². The van der Waals surface area contributed by atoms with E-state index in [2.05, 4.69) is 33.8 Å². The molecule has 4 rings (SSSR count). The quantitative estimate of drug-likeness (QED) is 0.146. The van der Waals surface area contributed by atoms with E-state index in [0.717, 1.165) is 53.5 Å². The van der Waals surface area contributed by atoms with Crippen LogP contribution in [0.2, 0.25) is 5.02 Å². The lowest BCUT2D eigenvalue weighted by Crippen LogP contribution is -2.40. The smallest absolute Gasteiger partial charge is 0.307 e. The first-order valence-corrected chi connectivity index (χ1v) is 15.7. The minimum atomic E-state index is -0.722. The SMILES string of the molecule is C=C/C=C(C)\C=C/CC(Sc1nnc(CCO)n1-c1ccc(OCCN2CCCC(C(=O)O)C2)cc1)c1ccc(Cl)cc1. The average Bonchev–Trinajstić information content (AvgIpc) is 3.39. The molecule has 3 aromatic rings. The summed E-state index contributed by atoms with van der Waals surface area (Å²) in [5.74, 6) is 0.381. The first-order valence-electron chi connectivity index (χ1n) is 14.5. The summed E-state index contributed by atoms with van der Waals surface area (Å²) in [5.41, 5.74) is 3.11. The molecule has 228 valence electrons. The highest BCUT2D eigenvalue weighted by molar-refractivity contribution is 7.99. The molecule has 2 atom stereocenters. The number of nitrogens with zero attached hydrogens (tertiary/aromatic N) is 4. The van der Waals surface area contributed by atoms with Gasteiger partial charge in [-0.2, -0.15) is 0 Å². The topological polar surface area (TPSA) is 101 Å². The van der Waals surface area contributed by atoms with Crippen LogP contribution in [0.1, 0.15) is 42.8 Å². The van der Waals surface area contributed by atoms with E-state index >= 15 is 0 Å². The Labute approximate surface area is 262 Å². The van der Waals surface area contributed by atoms with E-state index < -0.39 is 5.97 Å². The van der Waals surface area contributed by atoms with Gasteiger partial charge in [0.15, 0.2) is 5.16 Å². The summed E-state index contributed by atoms with van der Waals surface area (Å²) in [6, 6.07) is 15.6. The molecule has 0 aliphatic carbocycles. The maximum Gasteiger partial charge on any atom is 0.307 e. The van der Waals surface area contributed by atoms with Gasteiger partial charge in [-0.25, -0.2) is 0 Å². The van der Waals surface area contributed by atoms with Crippen LogP contribution < -0.4 is 4.74 Å². The molecule has 0 amide bonds. The summed E-state index contributed by atoms with van der Waals surface area (Å²) in [6.07, 6.45) is 10.7. The van der Waals surface area contributed by atoms with Gasteiger partial charge < -0.3 is 14.9 Å². The number of aromatic nitrogens is 3. The minimum Gasteiger partial charge on any atom is -0.492 e. The number of carboxylic acid groups (broad SMARTS) is 1. The Morgan fingerprint density at radius 3 is 2.67 bits per heavy atom. The molecule has 0 bridgehead atoms. The lowest BCUT2D eigenvalue weighted by molar-refractivity contribution is -0.143. The summed E-state index contributed by atoms with van der Waals surface area (Å²) in [5, 5.41) is 29.4. The Kier molecular flexibility index (Phi) is 12.5. The molecule has 2 heterocycles. The zero-order valence-electron chi connectivity index (χ0n) is 24.4. The molecule has 0 spiro atoms. The van der Waals surface area contributed by atoms with Crippen molar-refractivity contribution in [2.45, 2.75) is 43.0 Å². The first kappa shape index (κ1) is 32.5. The molecular formula is C33H39ClN4O4S. The van der Waals surface area contributed by atoms with Gasteiger partial charge in [-0.1, -0.05) is 72.0 Å². The predicted molar refractivity (Wildman–Crippen MR) is 172 cm³/mol. The second-order valence-electron chi connectivity index (χ2n) is 10.5. The third kappa shape index (κ3) is 9.56. The maximum absolute atomic E-state index is 11.4. The number of carboxylic acids is 1. The van der Waals surface area contributed by atoms with Crippen LogP contribution in [-0.4, -0.2) is 68.7 Å². The van der Waals surface area contributed by atoms with Gasteiger partial charge in [0.2, 0.25) is 0 Å². The first-order chi connectivity index (χ1) is 20.9. The predicted octanol–water partition coefficient (Wildman–Crippen LogP) is 6.54. The standard InChI is InChI=1S/C33H39ClN4O4S/c1-3-6-24(2)7-4-9-30(25-10-12-27(34)13-11-25)43-33-36-35-31(18-21-39)38(33)28-14-16-29(17-15-28)42-22-20-37-19-5-8-26(23-37)32(40)41/h3-4,6-7,10-17,26,30,39H,1,5,8-9,18-23H2,2H3,(H,40,41)/b7-4-,24-6-. The lowest BCUT2D eigenvalue weighted by atomic mass is 9.98. The van der Waals surface area contributed by atoms with Gasteiger partial charge in [0.05, 0.1) is 12.5 Å². The summed E-state index contributed by atoms with van der Waals surface area (Å²) < 4.78 is 7.98. The van der Waals surface area contributed by atoms with Crippen molar-refractivity contribution in [1.29, 1.82) is 0 Å². The zero-order valence-corrected chi connectivity index (χ0v) is 26.0. The van der Waals surface area contributed by atoms with Crippen molar-refractivity contribution >= 4 is 29.3 Å². The molecule has 1 saturated heterocycles. The van der Waals surface area contributed by atoms with Crippen LogP contribution >= 0.6 is 23.4 Å². The van der Waals surface area contributed by atoms with Gasteiger partial charge in [0.1, 0.15) is 18.2 Å². The highest BCUT2D eigenvalue weighted by Gasteiger charge is 2.25. The average molecular weight is 623 g/mol. The van der Waals surface area contributed by atoms with Gasteiger partial charge >= 0.3 is 5.97 Å². The van der Waals surface area contributed by atoms with Gasteiger partial charge in [0, 0.05) is 35.5 Å². The molecule has 0 radical (unpaired) electrons. The van der Waals surface area contributed by atoms with E-state index in [4.69, 9.17) is 16.3 Å². The van der Waals surface area contributed by atoms with Crippen molar-refractivity contribution in [3.8, 4) is 11.4 Å². The number of piperidine rings is 1. The van der Waals surface area contributed by atoms with Crippen LogP contribution in [0.5, 0.6) is 5.75 Å². The van der Waals surface area contributed by atoms with Crippen LogP contribution in [0.15, 0.2) is 90.1 Å². The molecule has 0 saturated carbocycles. The van der Waals surface area contributed by atoms with Crippen molar-refractivity contribution in [3.05, 3.63) is 101 Å². The van der Waals surface area contributed by atoms with Crippen molar-refractivity contribution in [1.82, 2.24) is 19.7 Å². The maximum atomic E-state index is 11.4. The number of thioether (sulfide) groups is 1. The highest BCUT2D eigenvalue weighted by Crippen LogP contribution is 2.39. The van der Waals surface area contributed by atoms with Crippen LogP contribution in [0, 0.1) is 5.92 Å². The van der Waals surface area contributed by atoms with Crippen molar-refractivity contribution in [3.63, 3.8) is 0 Å². The Morgan fingerprint density at radius 1 is 1.21 bits per heavy atom. The number of aliphatic hydroxyl groups excluding tert-OH is 1. The molecule has 2 aromatic carbocycles. The Balaban J connectivity index is 1.49. The van der Waals surface area contributed by atoms with Crippen LogP contribution in [-0.2, 0) is 11.2 Å². The number of hydrogen-bond acceptors (Lipinski definition) is 7. The molecule has 8 nitrogen and oxygen atoms in total.